The molecule has 1 unspecified atom stereocenters. The Bertz CT molecular complexity index is 1200. The van der Waals surface area contributed by atoms with Crippen LogP contribution in [0.2, 0.25) is 0 Å². The van der Waals surface area contributed by atoms with Crippen LogP contribution in [0.25, 0.3) is 22.4 Å². The molecule has 5 rings (SSSR count). The molecule has 0 amide bonds. The predicted octanol–water partition coefficient (Wildman–Crippen LogP) is 4.04. The minimum absolute atomic E-state index is 0.0703. The van der Waals surface area contributed by atoms with E-state index in [1.54, 1.807) is 43.6 Å². The summed E-state index contributed by atoms with van der Waals surface area (Å²) in [5, 5.41) is 18.9. The van der Waals surface area contributed by atoms with Crippen molar-refractivity contribution >= 4 is 0 Å². The highest BCUT2D eigenvalue weighted by Crippen LogP contribution is 2.40. The van der Waals surface area contributed by atoms with E-state index >= 15 is 0 Å². The van der Waals surface area contributed by atoms with Crippen molar-refractivity contribution in [1.29, 1.82) is 0 Å². The van der Waals surface area contributed by atoms with E-state index in [0.717, 1.165) is 11.1 Å². The van der Waals surface area contributed by atoms with E-state index in [4.69, 9.17) is 9.47 Å². The van der Waals surface area contributed by atoms with E-state index < -0.39 is 12.3 Å². The number of aromatic hydroxyl groups is 1. The number of nitrogens with zero attached hydrogens (tertiary/aromatic N) is 4. The summed E-state index contributed by atoms with van der Waals surface area (Å²) in [5.74, 6) is 0.829. The number of pyridine rings is 1. The molecule has 170 valence electrons. The minimum Gasteiger partial charge on any atom is -0.507 e. The normalized spacial score (nSPS) is 26.4. The van der Waals surface area contributed by atoms with Crippen molar-refractivity contribution in [2.75, 3.05) is 14.2 Å². The van der Waals surface area contributed by atoms with E-state index in [1.807, 2.05) is 30.2 Å². The zero-order valence-electron chi connectivity index (χ0n) is 18.6. The maximum absolute atomic E-state index is 15.0. The lowest BCUT2D eigenvalue weighted by Crippen LogP contribution is -2.58. The Morgan fingerprint density at radius 3 is 2.64 bits per heavy atom. The van der Waals surface area contributed by atoms with Gasteiger partial charge in [-0.2, -0.15) is 0 Å². The Morgan fingerprint density at radius 2 is 1.91 bits per heavy atom. The Hall–Kier alpha value is -3.52. The molecule has 7 nitrogen and oxygen atoms in total. The summed E-state index contributed by atoms with van der Waals surface area (Å²) in [6.45, 7) is 2.08. The van der Waals surface area contributed by atoms with E-state index in [1.165, 1.54) is 0 Å². The maximum Gasteiger partial charge on any atom is 0.233 e. The summed E-state index contributed by atoms with van der Waals surface area (Å²) < 4.78 is 26.0. The van der Waals surface area contributed by atoms with Gasteiger partial charge in [-0.1, -0.05) is 18.2 Å². The van der Waals surface area contributed by atoms with Crippen molar-refractivity contribution < 1.29 is 19.0 Å². The van der Waals surface area contributed by atoms with Crippen molar-refractivity contribution in [3.05, 3.63) is 60.8 Å². The zero-order chi connectivity index (χ0) is 23.2. The van der Waals surface area contributed by atoms with Gasteiger partial charge in [-0.3, -0.25) is 4.90 Å². The third kappa shape index (κ3) is 3.80. The quantitative estimate of drug-likeness (QED) is 0.590. The monoisotopic (exact) mass is 448 g/mol. The molecule has 2 bridgehead atoms. The molecule has 4 atom stereocenters. The van der Waals surface area contributed by atoms with E-state index in [0.29, 0.717) is 23.6 Å². The molecule has 0 spiro atoms. The molecular formula is C25H25FN4O3. The van der Waals surface area contributed by atoms with Crippen molar-refractivity contribution in [3.8, 4) is 39.9 Å². The maximum atomic E-state index is 15.0. The number of benzene rings is 1. The first kappa shape index (κ1) is 21.3. The van der Waals surface area contributed by atoms with Crippen LogP contribution in [-0.4, -0.2) is 63.2 Å². The smallest absolute Gasteiger partial charge is 0.233 e. The molecule has 4 heterocycles. The number of aromatic nitrogens is 3. The van der Waals surface area contributed by atoms with Gasteiger partial charge in [0.1, 0.15) is 11.9 Å². The Balaban J connectivity index is 1.33. The van der Waals surface area contributed by atoms with E-state index in [9.17, 15) is 9.50 Å². The number of fused-ring (bicyclic) bond motifs is 2. The summed E-state index contributed by atoms with van der Waals surface area (Å²) in [5.41, 5.74) is 2.49. The van der Waals surface area contributed by atoms with Gasteiger partial charge < -0.3 is 14.6 Å². The van der Waals surface area contributed by atoms with Crippen LogP contribution in [0.5, 0.6) is 17.5 Å². The number of phenolic OH excluding ortho intramolecular Hbond substituents is 1. The lowest BCUT2D eigenvalue weighted by atomic mass is 9.88. The number of hydrogen-bond acceptors (Lipinski definition) is 7. The highest BCUT2D eigenvalue weighted by molar-refractivity contribution is 5.74. The standard InChI is InChI=1S/C25H25FN4O3/c1-25-10-8-19(30(25)2)24(26)21(14-25)33-22-7-6-18(28-29-22)17-5-4-15(12-20(17)31)16-9-11-27-23(13-16)32-3/h4-13,19,21,24,31H,14H2,1-3H3/t19?,21-,24+,25-/m1/s1. The zero-order valence-corrected chi connectivity index (χ0v) is 18.6. The molecule has 1 saturated heterocycles. The van der Waals surface area contributed by atoms with Crippen molar-refractivity contribution in [2.45, 2.75) is 37.2 Å². The molecule has 33 heavy (non-hydrogen) atoms. The number of methoxy groups -OCH3 is 1. The lowest BCUT2D eigenvalue weighted by molar-refractivity contribution is -0.0365. The first-order chi connectivity index (χ1) is 15.9. The third-order valence-corrected chi connectivity index (χ3v) is 6.66. The predicted molar refractivity (Wildman–Crippen MR) is 122 cm³/mol. The Kier molecular flexibility index (Phi) is 5.25. The van der Waals surface area contributed by atoms with Crippen molar-refractivity contribution in [1.82, 2.24) is 20.1 Å². The number of ether oxygens (including phenoxy) is 2. The number of phenols is 1. The summed E-state index contributed by atoms with van der Waals surface area (Å²) in [6.07, 6.45) is 4.40. The summed E-state index contributed by atoms with van der Waals surface area (Å²) >= 11 is 0. The molecule has 0 saturated carbocycles. The molecule has 0 radical (unpaired) electrons. The van der Waals surface area contributed by atoms with Gasteiger partial charge in [-0.25, -0.2) is 9.37 Å². The van der Waals surface area contributed by atoms with Gasteiger partial charge in [0, 0.05) is 35.9 Å². The van der Waals surface area contributed by atoms with Gasteiger partial charge in [-0.15, -0.1) is 10.2 Å². The Morgan fingerprint density at radius 1 is 1.09 bits per heavy atom. The molecule has 2 aromatic heterocycles. The average molecular weight is 448 g/mol. The molecular weight excluding hydrogens is 423 g/mol. The fourth-order valence-corrected chi connectivity index (χ4v) is 4.58. The van der Waals surface area contributed by atoms with E-state index in [2.05, 4.69) is 28.2 Å². The molecule has 1 fully saturated rings. The molecule has 1 aromatic carbocycles. The fraction of sp³-hybridized carbons (Fsp3) is 0.320. The van der Waals surface area contributed by atoms with Crippen molar-refractivity contribution in [3.63, 3.8) is 0 Å². The average Bonchev–Trinajstić information content (AvgIpc) is 3.05. The van der Waals surface area contributed by atoms with Crippen LogP contribution < -0.4 is 9.47 Å². The topological polar surface area (TPSA) is 80.6 Å². The first-order valence-corrected chi connectivity index (χ1v) is 10.8. The van der Waals surface area contributed by atoms with E-state index in [-0.39, 0.29) is 23.2 Å². The SMILES string of the molecule is COc1cc(-c2ccc(-c3ccc(O[C@@H]4C[C@@]5(C)C=CC([C@@H]4F)N5C)nn3)c(O)c2)ccn1. The van der Waals surface area contributed by atoms with Crippen LogP contribution in [0.1, 0.15) is 13.3 Å². The second-order valence-electron chi connectivity index (χ2n) is 8.70. The van der Waals surface area contributed by atoms with Crippen LogP contribution in [0.3, 0.4) is 0 Å². The number of hydrogen-bond donors (Lipinski definition) is 1. The van der Waals surface area contributed by atoms with Gasteiger partial charge >= 0.3 is 0 Å². The van der Waals surface area contributed by atoms with Crippen LogP contribution in [0, 0.1) is 0 Å². The van der Waals surface area contributed by atoms with Crippen LogP contribution in [0.15, 0.2) is 60.8 Å². The molecule has 8 heteroatoms. The number of piperidine rings is 1. The molecule has 1 N–H and O–H groups in total. The van der Waals surface area contributed by atoms with Gasteiger partial charge in [-0.05, 0) is 49.4 Å². The van der Waals surface area contributed by atoms with Crippen LogP contribution in [-0.2, 0) is 0 Å². The summed E-state index contributed by atoms with van der Waals surface area (Å²) in [4.78, 5) is 6.14. The summed E-state index contributed by atoms with van der Waals surface area (Å²) in [6, 6.07) is 12.0. The molecule has 2 aliphatic rings. The largest absolute Gasteiger partial charge is 0.507 e. The second kappa shape index (κ2) is 8.12. The number of likely N-dealkylation sites (N-methyl/N-ethyl adjacent to an activating group) is 1. The number of alkyl halides is 1. The van der Waals surface area contributed by atoms with Crippen LogP contribution >= 0.6 is 0 Å². The van der Waals surface area contributed by atoms with Gasteiger partial charge in [0.2, 0.25) is 11.8 Å². The van der Waals surface area contributed by atoms with Crippen molar-refractivity contribution in [2.24, 2.45) is 0 Å². The third-order valence-electron chi connectivity index (χ3n) is 6.66. The second-order valence-corrected chi connectivity index (χ2v) is 8.70. The number of rotatable bonds is 5. The first-order valence-electron chi connectivity index (χ1n) is 10.8. The van der Waals surface area contributed by atoms with Gasteiger partial charge in [0.05, 0.1) is 18.8 Å². The fourth-order valence-electron chi connectivity index (χ4n) is 4.58. The lowest BCUT2D eigenvalue weighted by Gasteiger charge is -2.45. The summed E-state index contributed by atoms with van der Waals surface area (Å²) in [7, 11) is 3.49. The molecule has 0 aliphatic carbocycles. The van der Waals surface area contributed by atoms with Gasteiger partial charge in [0.25, 0.3) is 0 Å². The van der Waals surface area contributed by atoms with Crippen LogP contribution in [0.4, 0.5) is 4.39 Å². The number of halogens is 1. The molecule has 2 aliphatic heterocycles. The van der Waals surface area contributed by atoms with Gasteiger partial charge in [0.15, 0.2) is 6.17 Å². The highest BCUT2D eigenvalue weighted by Gasteiger charge is 2.50. The highest BCUT2D eigenvalue weighted by atomic mass is 19.1. The minimum atomic E-state index is -1.15. The Labute approximate surface area is 191 Å². The molecule has 3 aromatic rings.